The van der Waals surface area contributed by atoms with E-state index in [2.05, 4.69) is 25.8 Å². The topological polar surface area (TPSA) is 37.6 Å². The Morgan fingerprint density at radius 3 is 2.39 bits per heavy atom. The molecule has 28 heavy (non-hydrogen) atoms. The van der Waals surface area contributed by atoms with E-state index in [9.17, 15) is 9.18 Å². The Morgan fingerprint density at radius 1 is 1.14 bits per heavy atom. The molecule has 1 heterocycles. The van der Waals surface area contributed by atoms with Gasteiger partial charge in [-0.15, -0.1) is 0 Å². The van der Waals surface area contributed by atoms with Crippen molar-refractivity contribution in [2.45, 2.75) is 26.2 Å². The van der Waals surface area contributed by atoms with E-state index in [1.165, 1.54) is 27.9 Å². The molecular formula is C22H27FN3OS+. The number of thiazole rings is 1. The number of rotatable bonds is 5. The number of amides is 1. The molecule has 4 nitrogen and oxygen atoms in total. The number of aromatic nitrogens is 1. The highest BCUT2D eigenvalue weighted by molar-refractivity contribution is 7.22. The zero-order chi connectivity index (χ0) is 20.5. The largest absolute Gasteiger partial charge is 0.338 e. The van der Waals surface area contributed by atoms with Crippen LogP contribution in [0.3, 0.4) is 0 Å². The van der Waals surface area contributed by atoms with Crippen molar-refractivity contribution in [2.75, 3.05) is 32.1 Å². The molecule has 0 radical (unpaired) electrons. The molecule has 0 fully saturated rings. The van der Waals surface area contributed by atoms with Crippen molar-refractivity contribution in [3.63, 3.8) is 0 Å². The number of fused-ring (bicyclic) bond motifs is 1. The second kappa shape index (κ2) is 7.97. The van der Waals surface area contributed by atoms with Gasteiger partial charge in [0.15, 0.2) is 5.13 Å². The van der Waals surface area contributed by atoms with Crippen molar-refractivity contribution >= 4 is 32.6 Å². The maximum atomic E-state index is 14.1. The average Bonchev–Trinajstić information content (AvgIpc) is 3.06. The van der Waals surface area contributed by atoms with Crippen LogP contribution in [0.25, 0.3) is 10.2 Å². The predicted molar refractivity (Wildman–Crippen MR) is 114 cm³/mol. The van der Waals surface area contributed by atoms with Crippen LogP contribution in [0.2, 0.25) is 0 Å². The number of quaternary nitrogens is 1. The van der Waals surface area contributed by atoms with Crippen LogP contribution < -0.4 is 9.80 Å². The lowest BCUT2D eigenvalue weighted by molar-refractivity contribution is -0.856. The number of likely N-dealkylation sites (N-methyl/N-ethyl adjacent to an activating group) is 1. The summed E-state index contributed by atoms with van der Waals surface area (Å²) in [5, 5.41) is 0.534. The number of nitrogens with zero attached hydrogens (tertiary/aromatic N) is 2. The normalized spacial score (nSPS) is 12.0. The molecule has 3 rings (SSSR count). The number of hydrogen-bond acceptors (Lipinski definition) is 3. The smallest absolute Gasteiger partial charge is 0.260 e. The van der Waals surface area contributed by atoms with Crippen LogP contribution in [0, 0.1) is 5.82 Å². The fraction of sp³-hybridized carbons (Fsp3) is 0.364. The van der Waals surface area contributed by atoms with Crippen molar-refractivity contribution in [1.82, 2.24) is 4.98 Å². The van der Waals surface area contributed by atoms with Crippen molar-refractivity contribution in [2.24, 2.45) is 0 Å². The third-order valence-electron chi connectivity index (χ3n) is 4.67. The van der Waals surface area contributed by atoms with Crippen LogP contribution in [0.15, 0.2) is 42.5 Å². The summed E-state index contributed by atoms with van der Waals surface area (Å²) < 4.78 is 14.8. The fourth-order valence-corrected chi connectivity index (χ4v) is 3.91. The highest BCUT2D eigenvalue weighted by atomic mass is 32.1. The molecule has 2 aromatic carbocycles. The Hall–Kier alpha value is -2.31. The molecule has 0 aliphatic rings. The lowest BCUT2D eigenvalue weighted by Crippen LogP contribution is -3.06. The van der Waals surface area contributed by atoms with Gasteiger partial charge in [0.05, 0.1) is 31.9 Å². The number of nitrogens with one attached hydrogen (secondary N) is 1. The Kier molecular flexibility index (Phi) is 5.82. The summed E-state index contributed by atoms with van der Waals surface area (Å²) in [5.74, 6) is -0.471. The van der Waals surface area contributed by atoms with E-state index in [-0.39, 0.29) is 17.1 Å². The van der Waals surface area contributed by atoms with Gasteiger partial charge in [-0.1, -0.05) is 50.3 Å². The molecule has 1 amide bonds. The molecule has 1 N–H and O–H groups in total. The standard InChI is InChI=1S/C22H26FN3OS/c1-22(2,3)16-11-9-15(10-12-16)20(27)26(14-13-25(4)5)21-24-19-17(23)7-6-8-18(19)28-21/h6-12H,13-14H2,1-5H3/p+1. The zero-order valence-corrected chi connectivity index (χ0v) is 17.9. The molecule has 0 saturated carbocycles. The van der Waals surface area contributed by atoms with Gasteiger partial charge >= 0.3 is 0 Å². The first kappa shape index (κ1) is 20.4. The molecule has 0 aliphatic carbocycles. The lowest BCUT2D eigenvalue weighted by atomic mass is 9.86. The summed E-state index contributed by atoms with van der Waals surface area (Å²) >= 11 is 1.35. The van der Waals surface area contributed by atoms with Gasteiger partial charge in [0, 0.05) is 5.56 Å². The molecule has 148 valence electrons. The second-order valence-corrected chi connectivity index (χ2v) is 9.33. The van der Waals surface area contributed by atoms with Crippen molar-refractivity contribution in [1.29, 1.82) is 0 Å². The monoisotopic (exact) mass is 400 g/mol. The highest BCUT2D eigenvalue weighted by Crippen LogP contribution is 2.31. The maximum Gasteiger partial charge on any atom is 0.260 e. The van der Waals surface area contributed by atoms with Gasteiger partial charge in [-0.05, 0) is 35.2 Å². The number of carbonyl (C=O) groups is 1. The zero-order valence-electron chi connectivity index (χ0n) is 17.0. The molecule has 0 unspecified atom stereocenters. The van der Waals surface area contributed by atoms with Gasteiger partial charge in [0.25, 0.3) is 5.91 Å². The minimum Gasteiger partial charge on any atom is -0.338 e. The van der Waals surface area contributed by atoms with Gasteiger partial charge in [-0.25, -0.2) is 9.37 Å². The number of para-hydroxylation sites is 1. The third-order valence-corrected chi connectivity index (χ3v) is 5.71. The molecule has 0 saturated heterocycles. The van der Waals surface area contributed by atoms with Crippen molar-refractivity contribution < 1.29 is 14.1 Å². The summed E-state index contributed by atoms with van der Waals surface area (Å²) in [5.41, 5.74) is 2.14. The molecular weight excluding hydrogens is 373 g/mol. The van der Waals surface area contributed by atoms with Crippen LogP contribution in [-0.4, -0.2) is 38.1 Å². The first-order valence-electron chi connectivity index (χ1n) is 9.43. The Balaban J connectivity index is 1.96. The second-order valence-electron chi connectivity index (χ2n) is 8.32. The van der Waals surface area contributed by atoms with E-state index < -0.39 is 0 Å². The first-order chi connectivity index (χ1) is 13.2. The predicted octanol–water partition coefficient (Wildman–Crippen LogP) is 3.52. The summed E-state index contributed by atoms with van der Waals surface area (Å²) in [6.45, 7) is 7.72. The summed E-state index contributed by atoms with van der Waals surface area (Å²) in [4.78, 5) is 20.6. The minimum atomic E-state index is -0.361. The van der Waals surface area contributed by atoms with Crippen LogP contribution in [-0.2, 0) is 5.41 Å². The van der Waals surface area contributed by atoms with E-state index in [0.717, 1.165) is 11.2 Å². The molecule has 3 aromatic rings. The van der Waals surface area contributed by atoms with E-state index in [1.54, 1.807) is 11.0 Å². The minimum absolute atomic E-state index is 0.0279. The molecule has 0 spiro atoms. The molecule has 0 aliphatic heterocycles. The Bertz CT molecular complexity index is 974. The van der Waals surface area contributed by atoms with Gasteiger partial charge < -0.3 is 4.90 Å². The van der Waals surface area contributed by atoms with Gasteiger partial charge in [-0.2, -0.15) is 0 Å². The van der Waals surface area contributed by atoms with Crippen molar-refractivity contribution in [3.05, 3.63) is 59.4 Å². The summed E-state index contributed by atoms with van der Waals surface area (Å²) in [7, 11) is 4.08. The fourth-order valence-electron chi connectivity index (χ4n) is 2.91. The van der Waals surface area contributed by atoms with E-state index in [1.807, 2.05) is 44.4 Å². The Morgan fingerprint density at radius 2 is 1.82 bits per heavy atom. The number of anilines is 1. The van der Waals surface area contributed by atoms with Crippen LogP contribution in [0.1, 0.15) is 36.7 Å². The highest BCUT2D eigenvalue weighted by Gasteiger charge is 2.23. The summed E-state index contributed by atoms with van der Waals surface area (Å²) in [6.07, 6.45) is 0. The van der Waals surface area contributed by atoms with Crippen LogP contribution >= 0.6 is 11.3 Å². The molecule has 6 heteroatoms. The maximum absolute atomic E-state index is 14.1. The number of halogens is 1. The first-order valence-corrected chi connectivity index (χ1v) is 10.2. The number of benzene rings is 2. The van der Waals surface area contributed by atoms with Gasteiger partial charge in [0.2, 0.25) is 0 Å². The van der Waals surface area contributed by atoms with E-state index in [4.69, 9.17) is 0 Å². The Labute approximate surface area is 169 Å². The van der Waals surface area contributed by atoms with Crippen LogP contribution in [0.4, 0.5) is 9.52 Å². The quantitative estimate of drug-likeness (QED) is 0.712. The van der Waals surface area contributed by atoms with Gasteiger partial charge in [-0.3, -0.25) is 9.69 Å². The molecule has 0 atom stereocenters. The number of hydrogen-bond donors (Lipinski definition) is 1. The third kappa shape index (κ3) is 4.39. The van der Waals surface area contributed by atoms with E-state index in [0.29, 0.717) is 22.8 Å². The molecule has 1 aromatic heterocycles. The number of carbonyl (C=O) groups excluding carboxylic acids is 1. The van der Waals surface area contributed by atoms with Crippen LogP contribution in [0.5, 0.6) is 0 Å². The molecule has 0 bridgehead atoms. The van der Waals surface area contributed by atoms with Crippen molar-refractivity contribution in [3.8, 4) is 0 Å². The van der Waals surface area contributed by atoms with Gasteiger partial charge in [0.1, 0.15) is 11.3 Å². The SMILES string of the molecule is C[NH+](C)CCN(C(=O)c1ccc(C(C)(C)C)cc1)c1nc2c(F)cccc2s1. The average molecular weight is 401 g/mol. The lowest BCUT2D eigenvalue weighted by Gasteiger charge is -2.22. The van der Waals surface area contributed by atoms with E-state index >= 15 is 0 Å². The summed E-state index contributed by atoms with van der Waals surface area (Å²) in [6, 6.07) is 12.6.